The Hall–Kier alpha value is -4.01. The summed E-state index contributed by atoms with van der Waals surface area (Å²) < 4.78 is 14.8. The van der Waals surface area contributed by atoms with Gasteiger partial charge in [-0.2, -0.15) is 4.98 Å². The van der Waals surface area contributed by atoms with E-state index in [0.29, 0.717) is 34.3 Å². The average molecular weight is 391 g/mol. The molecule has 9 heteroatoms. The highest BCUT2D eigenvalue weighted by molar-refractivity contribution is 5.87. The maximum atomic E-state index is 14.8. The van der Waals surface area contributed by atoms with Crippen LogP contribution in [0.3, 0.4) is 0 Å². The molecular formula is C20H18FN7O. The first-order valence-electron chi connectivity index (χ1n) is 8.86. The molecule has 0 bridgehead atoms. The highest BCUT2D eigenvalue weighted by atomic mass is 19.1. The van der Waals surface area contributed by atoms with Gasteiger partial charge < -0.3 is 20.9 Å². The Morgan fingerprint density at radius 1 is 1.07 bits per heavy atom. The second kappa shape index (κ2) is 7.55. The fourth-order valence-electron chi connectivity index (χ4n) is 2.88. The smallest absolute Gasteiger partial charge is 0.229 e. The van der Waals surface area contributed by atoms with Gasteiger partial charge in [0.25, 0.3) is 0 Å². The number of hydrogen-bond donors (Lipinski definition) is 4. The molecule has 29 heavy (non-hydrogen) atoms. The predicted molar refractivity (Wildman–Crippen MR) is 110 cm³/mol. The van der Waals surface area contributed by atoms with Gasteiger partial charge in [0, 0.05) is 29.7 Å². The van der Waals surface area contributed by atoms with Crippen LogP contribution in [0.15, 0.2) is 48.8 Å². The molecule has 3 aromatic heterocycles. The van der Waals surface area contributed by atoms with Crippen molar-refractivity contribution in [3.05, 3.63) is 60.3 Å². The molecule has 4 aromatic rings. The predicted octanol–water partition coefficient (Wildman–Crippen LogP) is 4.25. The fraction of sp³-hybridized carbons (Fsp3) is 0.100. The van der Waals surface area contributed by atoms with Crippen molar-refractivity contribution in [3.63, 3.8) is 0 Å². The second-order valence-electron chi connectivity index (χ2n) is 6.47. The second-order valence-corrected chi connectivity index (χ2v) is 6.47. The Balaban J connectivity index is 1.52. The average Bonchev–Trinajstić information content (AvgIpc) is 3.07. The summed E-state index contributed by atoms with van der Waals surface area (Å²) >= 11 is 0. The third kappa shape index (κ3) is 4.13. The molecule has 0 aliphatic carbocycles. The van der Waals surface area contributed by atoms with Gasteiger partial charge in [0.15, 0.2) is 5.82 Å². The number of aromatic nitrogens is 4. The third-order valence-corrected chi connectivity index (χ3v) is 4.11. The number of carbonyl (C=O) groups excluding carboxylic acids is 1. The largest absolute Gasteiger partial charge is 0.359 e. The number of halogens is 1. The van der Waals surface area contributed by atoms with Gasteiger partial charge in [0.2, 0.25) is 11.9 Å². The molecule has 0 aliphatic rings. The molecule has 146 valence electrons. The Morgan fingerprint density at radius 3 is 2.69 bits per heavy atom. The fourth-order valence-corrected chi connectivity index (χ4v) is 2.88. The van der Waals surface area contributed by atoms with Crippen LogP contribution in [-0.2, 0) is 4.79 Å². The number of fused-ring (bicyclic) bond motifs is 1. The zero-order valence-corrected chi connectivity index (χ0v) is 15.7. The maximum absolute atomic E-state index is 14.8. The molecule has 0 atom stereocenters. The van der Waals surface area contributed by atoms with E-state index in [2.05, 4.69) is 35.9 Å². The lowest BCUT2D eigenvalue weighted by molar-refractivity contribution is -0.114. The molecule has 8 nitrogen and oxygen atoms in total. The van der Waals surface area contributed by atoms with E-state index in [0.717, 1.165) is 11.2 Å². The van der Waals surface area contributed by atoms with Crippen molar-refractivity contribution in [2.45, 2.75) is 13.8 Å². The molecule has 4 rings (SSSR count). The lowest BCUT2D eigenvalue weighted by Crippen LogP contribution is -2.07. The molecule has 0 saturated carbocycles. The molecule has 1 amide bonds. The number of nitrogens with zero attached hydrogens (tertiary/aromatic N) is 3. The van der Waals surface area contributed by atoms with Crippen LogP contribution in [0.2, 0.25) is 0 Å². The minimum absolute atomic E-state index is 0.194. The molecule has 0 spiro atoms. The standard InChI is InChI=1S/C20H18FN7O/c1-11-9-14-15(24-11)4-5-16(19(14)21)27-18-7-8-22-20(28-18)26-13-3-6-17(23-10-13)25-12(2)29/h3-10,24H,1-2H3,(H,23,25,29)(H2,22,26,27,28). The van der Waals surface area contributed by atoms with Crippen molar-refractivity contribution in [2.75, 3.05) is 16.0 Å². The maximum Gasteiger partial charge on any atom is 0.229 e. The van der Waals surface area contributed by atoms with E-state index in [1.54, 1.807) is 42.7 Å². The van der Waals surface area contributed by atoms with Crippen LogP contribution in [0.25, 0.3) is 10.9 Å². The van der Waals surface area contributed by atoms with E-state index in [-0.39, 0.29) is 11.7 Å². The highest BCUT2D eigenvalue weighted by Gasteiger charge is 2.10. The van der Waals surface area contributed by atoms with Crippen molar-refractivity contribution in [2.24, 2.45) is 0 Å². The summed E-state index contributed by atoms with van der Waals surface area (Å²) in [7, 11) is 0. The lowest BCUT2D eigenvalue weighted by Gasteiger charge is -2.10. The SMILES string of the molecule is CC(=O)Nc1ccc(Nc2nccc(Nc3ccc4[nH]c(C)cc4c3F)n2)cn1. The minimum Gasteiger partial charge on any atom is -0.359 e. The van der Waals surface area contributed by atoms with Crippen LogP contribution in [0.4, 0.5) is 33.3 Å². The minimum atomic E-state index is -0.349. The number of nitrogens with one attached hydrogen (secondary N) is 4. The molecule has 1 aromatic carbocycles. The van der Waals surface area contributed by atoms with Gasteiger partial charge in [-0.05, 0) is 43.3 Å². The summed E-state index contributed by atoms with van der Waals surface area (Å²) in [4.78, 5) is 26.8. The number of aryl methyl sites for hydroxylation is 1. The van der Waals surface area contributed by atoms with Gasteiger partial charge in [-0.25, -0.2) is 14.4 Å². The zero-order chi connectivity index (χ0) is 20.4. The Morgan fingerprint density at radius 2 is 1.93 bits per heavy atom. The number of hydrogen-bond acceptors (Lipinski definition) is 6. The first-order chi connectivity index (χ1) is 14.0. The van der Waals surface area contributed by atoms with Crippen molar-refractivity contribution in [1.82, 2.24) is 19.9 Å². The molecule has 0 fully saturated rings. The Bertz CT molecular complexity index is 1190. The zero-order valence-electron chi connectivity index (χ0n) is 15.7. The number of amides is 1. The van der Waals surface area contributed by atoms with E-state index in [1.807, 2.05) is 13.0 Å². The van der Waals surface area contributed by atoms with Gasteiger partial charge in [0.05, 0.1) is 17.6 Å². The summed E-state index contributed by atoms with van der Waals surface area (Å²) in [5.74, 6) is 0.669. The first-order valence-corrected chi connectivity index (χ1v) is 8.86. The van der Waals surface area contributed by atoms with Crippen LogP contribution >= 0.6 is 0 Å². The normalized spacial score (nSPS) is 10.7. The van der Waals surface area contributed by atoms with Crippen molar-refractivity contribution >= 4 is 45.8 Å². The molecule has 0 unspecified atom stereocenters. The number of pyridine rings is 1. The van der Waals surface area contributed by atoms with Gasteiger partial charge in [-0.3, -0.25) is 4.79 Å². The summed E-state index contributed by atoms with van der Waals surface area (Å²) in [5.41, 5.74) is 2.60. The molecule has 3 heterocycles. The quantitative estimate of drug-likeness (QED) is 0.405. The molecule has 0 radical (unpaired) electrons. The number of rotatable bonds is 5. The van der Waals surface area contributed by atoms with E-state index >= 15 is 0 Å². The highest BCUT2D eigenvalue weighted by Crippen LogP contribution is 2.27. The third-order valence-electron chi connectivity index (χ3n) is 4.11. The van der Waals surface area contributed by atoms with Crippen LogP contribution in [0.1, 0.15) is 12.6 Å². The van der Waals surface area contributed by atoms with Gasteiger partial charge in [-0.15, -0.1) is 0 Å². The Kier molecular flexibility index (Phi) is 4.78. The topological polar surface area (TPSA) is 108 Å². The Labute approximate surface area is 165 Å². The summed E-state index contributed by atoms with van der Waals surface area (Å²) in [5, 5.41) is 9.12. The molecule has 4 N–H and O–H groups in total. The van der Waals surface area contributed by atoms with Crippen LogP contribution in [-0.4, -0.2) is 25.8 Å². The van der Waals surface area contributed by atoms with E-state index in [1.165, 1.54) is 6.92 Å². The lowest BCUT2D eigenvalue weighted by atomic mass is 10.2. The number of anilines is 5. The summed E-state index contributed by atoms with van der Waals surface area (Å²) in [6.45, 7) is 3.30. The summed E-state index contributed by atoms with van der Waals surface area (Å²) in [6, 6.07) is 10.3. The number of carbonyl (C=O) groups is 1. The molecular weight excluding hydrogens is 373 g/mol. The summed E-state index contributed by atoms with van der Waals surface area (Å²) in [6.07, 6.45) is 3.12. The number of aromatic amines is 1. The molecule has 0 aliphatic heterocycles. The van der Waals surface area contributed by atoms with E-state index in [4.69, 9.17) is 0 Å². The van der Waals surface area contributed by atoms with Crippen molar-refractivity contribution in [1.29, 1.82) is 0 Å². The van der Waals surface area contributed by atoms with Gasteiger partial charge >= 0.3 is 0 Å². The first kappa shape index (κ1) is 18.4. The van der Waals surface area contributed by atoms with Gasteiger partial charge in [0.1, 0.15) is 11.6 Å². The van der Waals surface area contributed by atoms with E-state index < -0.39 is 0 Å². The number of H-pyrrole nitrogens is 1. The van der Waals surface area contributed by atoms with Crippen LogP contribution < -0.4 is 16.0 Å². The number of benzene rings is 1. The van der Waals surface area contributed by atoms with Crippen LogP contribution in [0.5, 0.6) is 0 Å². The van der Waals surface area contributed by atoms with Crippen molar-refractivity contribution in [3.8, 4) is 0 Å². The van der Waals surface area contributed by atoms with E-state index in [9.17, 15) is 9.18 Å². The monoisotopic (exact) mass is 391 g/mol. The molecule has 0 saturated heterocycles. The van der Waals surface area contributed by atoms with Crippen LogP contribution in [0, 0.1) is 12.7 Å². The van der Waals surface area contributed by atoms with Crippen molar-refractivity contribution < 1.29 is 9.18 Å². The van der Waals surface area contributed by atoms with Gasteiger partial charge in [-0.1, -0.05) is 0 Å².